The van der Waals surface area contributed by atoms with Crippen LogP contribution < -0.4 is 0 Å². The summed E-state index contributed by atoms with van der Waals surface area (Å²) >= 11 is 5.27. The van der Waals surface area contributed by atoms with Gasteiger partial charge >= 0.3 is 6.18 Å². The van der Waals surface area contributed by atoms with E-state index in [1.807, 2.05) is 0 Å². The Balaban J connectivity index is 3.17. The van der Waals surface area contributed by atoms with Gasteiger partial charge in [0.15, 0.2) is 0 Å². The topological polar surface area (TPSA) is 20.2 Å². The molecule has 0 fully saturated rings. The summed E-state index contributed by atoms with van der Waals surface area (Å²) in [4.78, 5) is 0. The zero-order valence-electron chi connectivity index (χ0n) is 7.35. The number of alkyl halides is 4. The summed E-state index contributed by atoms with van der Waals surface area (Å²) < 4.78 is 49.5. The van der Waals surface area contributed by atoms with Crippen LogP contribution in [0.15, 0.2) is 18.2 Å². The van der Waals surface area contributed by atoms with E-state index < -0.39 is 23.7 Å². The van der Waals surface area contributed by atoms with Crippen LogP contribution in [-0.2, 0) is 6.18 Å². The third-order valence-corrected chi connectivity index (χ3v) is 2.12. The van der Waals surface area contributed by atoms with Crippen LogP contribution in [0.3, 0.4) is 0 Å². The molecule has 0 aromatic heterocycles. The maximum absolute atomic E-state index is 12.8. The van der Waals surface area contributed by atoms with E-state index in [-0.39, 0.29) is 11.4 Å². The Morgan fingerprint density at radius 2 is 1.93 bits per heavy atom. The first-order chi connectivity index (χ1) is 6.86. The lowest BCUT2D eigenvalue weighted by Crippen LogP contribution is -2.10. The highest BCUT2D eigenvalue weighted by atomic mass is 35.5. The first-order valence-electron chi connectivity index (χ1n) is 3.97. The number of hydrogen-bond acceptors (Lipinski definition) is 1. The fourth-order valence-electron chi connectivity index (χ4n) is 1.06. The predicted molar refractivity (Wildman–Crippen MR) is 47.1 cm³/mol. The fourth-order valence-corrected chi connectivity index (χ4v) is 1.23. The lowest BCUT2D eigenvalue weighted by molar-refractivity contribution is -0.140. The molecule has 1 aromatic rings. The summed E-state index contributed by atoms with van der Waals surface area (Å²) in [7, 11) is 0. The zero-order chi connectivity index (χ0) is 11.6. The van der Waals surface area contributed by atoms with Crippen LogP contribution in [0.25, 0.3) is 0 Å². The first kappa shape index (κ1) is 12.3. The van der Waals surface area contributed by atoms with Gasteiger partial charge in [0.05, 0.1) is 17.5 Å². The Morgan fingerprint density at radius 1 is 1.33 bits per heavy atom. The molecule has 1 N–H and O–H groups in total. The van der Waals surface area contributed by atoms with Gasteiger partial charge in [-0.15, -0.1) is 11.6 Å². The van der Waals surface area contributed by atoms with Crippen molar-refractivity contribution in [2.75, 3.05) is 5.88 Å². The highest BCUT2D eigenvalue weighted by Crippen LogP contribution is 2.33. The van der Waals surface area contributed by atoms with Gasteiger partial charge in [0.1, 0.15) is 5.82 Å². The molecular formula is C9H7ClF4O. The van der Waals surface area contributed by atoms with E-state index in [1.165, 1.54) is 0 Å². The number of aliphatic hydroxyl groups excluding tert-OH is 1. The molecule has 0 unspecified atom stereocenters. The molecule has 6 heteroatoms. The van der Waals surface area contributed by atoms with Crippen molar-refractivity contribution in [2.24, 2.45) is 0 Å². The molecule has 84 valence electrons. The molecule has 1 rings (SSSR count). The average Bonchev–Trinajstić information content (AvgIpc) is 2.15. The second-order valence-electron chi connectivity index (χ2n) is 2.91. The lowest BCUT2D eigenvalue weighted by Gasteiger charge is -2.12. The van der Waals surface area contributed by atoms with Gasteiger partial charge in [0.25, 0.3) is 0 Å². The van der Waals surface area contributed by atoms with Crippen molar-refractivity contribution in [3.8, 4) is 0 Å². The highest BCUT2D eigenvalue weighted by Gasteiger charge is 2.34. The Labute approximate surface area is 88.3 Å². The summed E-state index contributed by atoms with van der Waals surface area (Å²) in [6.07, 6.45) is -6.00. The maximum atomic E-state index is 12.8. The minimum atomic E-state index is -4.77. The van der Waals surface area contributed by atoms with Gasteiger partial charge in [-0.25, -0.2) is 4.39 Å². The number of aliphatic hydroxyl groups is 1. The van der Waals surface area contributed by atoms with E-state index >= 15 is 0 Å². The van der Waals surface area contributed by atoms with Crippen molar-refractivity contribution in [1.29, 1.82) is 0 Å². The summed E-state index contributed by atoms with van der Waals surface area (Å²) in [5, 5.41) is 9.19. The average molecular weight is 243 g/mol. The summed E-state index contributed by atoms with van der Waals surface area (Å²) in [6.45, 7) is 0. The van der Waals surface area contributed by atoms with Gasteiger partial charge in [-0.2, -0.15) is 13.2 Å². The molecule has 1 nitrogen and oxygen atoms in total. The smallest absolute Gasteiger partial charge is 0.387 e. The molecule has 0 saturated carbocycles. The quantitative estimate of drug-likeness (QED) is 0.624. The summed E-state index contributed by atoms with van der Waals surface area (Å²) in [5.74, 6) is -1.61. The van der Waals surface area contributed by atoms with E-state index in [1.54, 1.807) is 0 Å². The normalized spacial score (nSPS) is 14.0. The van der Waals surface area contributed by atoms with E-state index in [2.05, 4.69) is 0 Å². The van der Waals surface area contributed by atoms with Crippen LogP contribution in [0.4, 0.5) is 17.6 Å². The molecule has 1 atom stereocenters. The standard InChI is InChI=1S/C9H7ClF4O/c10-4-8(15)5-1-2-7(11)6(3-5)9(12,13)14/h1-3,8,15H,4H2/t8-/m1/s1. The molecule has 1 aromatic carbocycles. The van der Waals surface area contributed by atoms with Crippen molar-refractivity contribution in [3.63, 3.8) is 0 Å². The van der Waals surface area contributed by atoms with E-state index in [9.17, 15) is 22.7 Å². The molecule has 0 aliphatic carbocycles. The second kappa shape index (κ2) is 4.37. The largest absolute Gasteiger partial charge is 0.419 e. The highest BCUT2D eigenvalue weighted by molar-refractivity contribution is 6.18. The van der Waals surface area contributed by atoms with Gasteiger partial charge < -0.3 is 5.11 Å². The Kier molecular flexibility index (Phi) is 3.57. The lowest BCUT2D eigenvalue weighted by atomic mass is 10.1. The summed E-state index contributed by atoms with van der Waals surface area (Å²) in [5.41, 5.74) is -1.46. The first-order valence-corrected chi connectivity index (χ1v) is 4.50. The van der Waals surface area contributed by atoms with Crippen molar-refractivity contribution in [3.05, 3.63) is 35.1 Å². The zero-order valence-corrected chi connectivity index (χ0v) is 8.11. The van der Waals surface area contributed by atoms with Crippen LogP contribution >= 0.6 is 11.6 Å². The predicted octanol–water partition coefficient (Wildman–Crippen LogP) is 3.12. The van der Waals surface area contributed by atoms with Crippen molar-refractivity contribution < 1.29 is 22.7 Å². The SMILES string of the molecule is O[C@H](CCl)c1ccc(F)c(C(F)(F)F)c1. The van der Waals surface area contributed by atoms with Crippen molar-refractivity contribution in [2.45, 2.75) is 12.3 Å². The molecule has 15 heavy (non-hydrogen) atoms. The van der Waals surface area contributed by atoms with Gasteiger partial charge in [-0.05, 0) is 17.7 Å². The molecular weight excluding hydrogens is 236 g/mol. The molecule has 0 spiro atoms. The molecule has 0 aliphatic heterocycles. The van der Waals surface area contributed by atoms with Gasteiger partial charge in [-0.1, -0.05) is 6.07 Å². The fraction of sp³-hybridized carbons (Fsp3) is 0.333. The van der Waals surface area contributed by atoms with Crippen LogP contribution in [0.2, 0.25) is 0 Å². The van der Waals surface area contributed by atoms with E-state index in [0.717, 1.165) is 6.07 Å². The molecule has 0 heterocycles. The number of benzene rings is 1. The van der Waals surface area contributed by atoms with E-state index in [4.69, 9.17) is 11.6 Å². The number of rotatable bonds is 2. The molecule has 0 radical (unpaired) electrons. The summed E-state index contributed by atoms with van der Waals surface area (Å²) in [6, 6.07) is 2.29. The molecule has 0 saturated heterocycles. The third-order valence-electron chi connectivity index (χ3n) is 1.83. The van der Waals surface area contributed by atoms with Gasteiger partial charge in [0, 0.05) is 0 Å². The minimum Gasteiger partial charge on any atom is -0.387 e. The Morgan fingerprint density at radius 3 is 2.40 bits per heavy atom. The van der Waals surface area contributed by atoms with Crippen molar-refractivity contribution >= 4 is 11.6 Å². The molecule has 0 bridgehead atoms. The van der Waals surface area contributed by atoms with Crippen LogP contribution in [0.1, 0.15) is 17.2 Å². The van der Waals surface area contributed by atoms with Crippen LogP contribution in [0, 0.1) is 5.82 Å². The second-order valence-corrected chi connectivity index (χ2v) is 3.22. The Hall–Kier alpha value is -0.810. The monoisotopic (exact) mass is 242 g/mol. The number of hydrogen-bond donors (Lipinski definition) is 1. The van der Waals surface area contributed by atoms with Crippen molar-refractivity contribution in [1.82, 2.24) is 0 Å². The minimum absolute atomic E-state index is 0.0567. The Bertz CT molecular complexity index is 350. The molecule has 0 aliphatic rings. The molecule has 0 amide bonds. The van der Waals surface area contributed by atoms with Gasteiger partial charge in [-0.3, -0.25) is 0 Å². The van der Waals surface area contributed by atoms with Crippen LogP contribution in [-0.4, -0.2) is 11.0 Å². The third kappa shape index (κ3) is 2.82. The van der Waals surface area contributed by atoms with E-state index in [0.29, 0.717) is 12.1 Å². The van der Waals surface area contributed by atoms with Crippen LogP contribution in [0.5, 0.6) is 0 Å². The van der Waals surface area contributed by atoms with Gasteiger partial charge in [0.2, 0.25) is 0 Å². The number of halogens is 5. The maximum Gasteiger partial charge on any atom is 0.419 e.